The molecule has 0 radical (unpaired) electrons. The largest absolute Gasteiger partial charge is 0.349 e. The summed E-state index contributed by atoms with van der Waals surface area (Å²) in [4.78, 5) is 26.1. The summed E-state index contributed by atoms with van der Waals surface area (Å²) < 4.78 is 0. The first-order valence-corrected chi connectivity index (χ1v) is 12.1. The molecule has 0 aliphatic heterocycles. The average molecular weight is 443 g/mol. The summed E-state index contributed by atoms with van der Waals surface area (Å²) in [5, 5.41) is 8.39. The molecule has 2 amide bonds. The zero-order valence-corrected chi connectivity index (χ0v) is 18.7. The van der Waals surface area contributed by atoms with Gasteiger partial charge in [-0.05, 0) is 98.3 Å². The molecule has 4 nitrogen and oxygen atoms in total. The lowest BCUT2D eigenvalue weighted by Crippen LogP contribution is -2.55. The van der Waals surface area contributed by atoms with Gasteiger partial charge in [-0.1, -0.05) is 17.7 Å². The summed E-state index contributed by atoms with van der Waals surface area (Å²) in [6, 6.07) is 8.82. The third kappa shape index (κ3) is 3.67. The zero-order chi connectivity index (χ0) is 20.9. The number of benzene rings is 1. The normalized spacial score (nSPS) is 30.1. The summed E-state index contributed by atoms with van der Waals surface area (Å²) in [6.07, 6.45) is 7.94. The lowest BCUT2D eigenvalue weighted by Gasteiger charge is -2.59. The summed E-state index contributed by atoms with van der Waals surface area (Å²) in [7, 11) is 0. The molecule has 2 aromatic rings. The lowest BCUT2D eigenvalue weighted by atomic mass is 9.48. The summed E-state index contributed by atoms with van der Waals surface area (Å²) in [5.74, 6) is 2.24. The number of hydrogen-bond acceptors (Lipinski definition) is 3. The van der Waals surface area contributed by atoms with Gasteiger partial charge < -0.3 is 10.6 Å². The molecule has 6 heteroatoms. The van der Waals surface area contributed by atoms with E-state index in [1.54, 1.807) is 24.3 Å². The Labute approximate surface area is 186 Å². The van der Waals surface area contributed by atoms with Crippen molar-refractivity contribution in [1.29, 1.82) is 0 Å². The van der Waals surface area contributed by atoms with Crippen LogP contribution in [0.4, 0.5) is 5.69 Å². The fourth-order valence-electron chi connectivity index (χ4n) is 6.50. The quantitative estimate of drug-likeness (QED) is 0.597. The van der Waals surface area contributed by atoms with Crippen molar-refractivity contribution in [3.05, 3.63) is 51.2 Å². The van der Waals surface area contributed by atoms with Gasteiger partial charge in [-0.25, -0.2) is 0 Å². The topological polar surface area (TPSA) is 58.2 Å². The minimum atomic E-state index is -0.216. The van der Waals surface area contributed by atoms with E-state index in [-0.39, 0.29) is 23.3 Å². The van der Waals surface area contributed by atoms with Gasteiger partial charge in [-0.2, -0.15) is 0 Å². The first-order valence-electron chi connectivity index (χ1n) is 10.9. The van der Waals surface area contributed by atoms with Crippen molar-refractivity contribution in [3.63, 3.8) is 0 Å². The molecule has 0 saturated heterocycles. The van der Waals surface area contributed by atoms with E-state index in [0.29, 0.717) is 21.2 Å². The van der Waals surface area contributed by atoms with Gasteiger partial charge in [0.1, 0.15) is 0 Å². The SMILES string of the molecule is CC(NC(=O)c1ccc(Cl)c(NC(=O)c2cccs2)c1)C12CC3CC(CC(C3)C1)C2. The molecule has 158 valence electrons. The Kier molecular flexibility index (Phi) is 5.14. The highest BCUT2D eigenvalue weighted by Crippen LogP contribution is 2.61. The molecule has 1 aromatic carbocycles. The molecule has 1 heterocycles. The molecular weight excluding hydrogens is 416 g/mol. The molecule has 2 N–H and O–H groups in total. The Morgan fingerprint density at radius 2 is 1.73 bits per heavy atom. The van der Waals surface area contributed by atoms with E-state index in [1.165, 1.54) is 49.9 Å². The van der Waals surface area contributed by atoms with Crippen molar-refractivity contribution in [3.8, 4) is 0 Å². The van der Waals surface area contributed by atoms with Gasteiger partial charge in [-0.3, -0.25) is 9.59 Å². The van der Waals surface area contributed by atoms with E-state index in [2.05, 4.69) is 17.6 Å². The maximum atomic E-state index is 13.1. The van der Waals surface area contributed by atoms with Crippen molar-refractivity contribution in [2.24, 2.45) is 23.2 Å². The Bertz CT molecular complexity index is 936. The predicted octanol–water partition coefficient (Wildman–Crippen LogP) is 5.99. The maximum Gasteiger partial charge on any atom is 0.265 e. The molecule has 30 heavy (non-hydrogen) atoms. The number of thiophene rings is 1. The van der Waals surface area contributed by atoms with Gasteiger partial charge in [-0.15, -0.1) is 11.3 Å². The van der Waals surface area contributed by atoms with Crippen LogP contribution < -0.4 is 10.6 Å². The van der Waals surface area contributed by atoms with Gasteiger partial charge >= 0.3 is 0 Å². The maximum absolute atomic E-state index is 13.1. The third-order valence-corrected chi connectivity index (χ3v) is 8.77. The van der Waals surface area contributed by atoms with Crippen molar-refractivity contribution in [2.45, 2.75) is 51.5 Å². The zero-order valence-electron chi connectivity index (χ0n) is 17.1. The van der Waals surface area contributed by atoms with Gasteiger partial charge in [0.15, 0.2) is 0 Å². The van der Waals surface area contributed by atoms with E-state index < -0.39 is 0 Å². The van der Waals surface area contributed by atoms with Crippen LogP contribution in [0.3, 0.4) is 0 Å². The molecule has 4 fully saturated rings. The number of nitrogens with one attached hydrogen (secondary N) is 2. The standard InChI is InChI=1S/C24H27ClN2O2S/c1-14(24-11-15-7-16(12-24)9-17(8-15)13-24)26-22(28)18-4-5-19(25)20(10-18)27-23(29)21-3-2-6-30-21/h2-6,10,14-17H,7-9,11-13H2,1H3,(H,26,28)(H,27,29). The number of halogens is 1. The highest BCUT2D eigenvalue weighted by atomic mass is 35.5. The average Bonchev–Trinajstić information content (AvgIpc) is 3.23. The van der Waals surface area contributed by atoms with E-state index >= 15 is 0 Å². The summed E-state index contributed by atoms with van der Waals surface area (Å²) in [6.45, 7) is 2.18. The van der Waals surface area contributed by atoms with Crippen molar-refractivity contribution < 1.29 is 9.59 Å². The van der Waals surface area contributed by atoms with Crippen LogP contribution >= 0.6 is 22.9 Å². The second-order valence-electron chi connectivity index (χ2n) is 9.60. The Morgan fingerprint density at radius 3 is 2.33 bits per heavy atom. The molecule has 6 rings (SSSR count). The first kappa shape index (κ1) is 20.1. The second kappa shape index (κ2) is 7.69. The smallest absolute Gasteiger partial charge is 0.265 e. The summed E-state index contributed by atoms with van der Waals surface area (Å²) in [5.41, 5.74) is 1.25. The number of hydrogen-bond donors (Lipinski definition) is 2. The Hall–Kier alpha value is -1.85. The lowest BCUT2D eigenvalue weighted by molar-refractivity contribution is -0.0688. The number of carbonyl (C=O) groups is 2. The monoisotopic (exact) mass is 442 g/mol. The highest BCUT2D eigenvalue weighted by Gasteiger charge is 2.53. The van der Waals surface area contributed by atoms with E-state index in [9.17, 15) is 9.59 Å². The fourth-order valence-corrected chi connectivity index (χ4v) is 7.28. The summed E-state index contributed by atoms with van der Waals surface area (Å²) >= 11 is 7.65. The highest BCUT2D eigenvalue weighted by molar-refractivity contribution is 7.12. The number of rotatable bonds is 5. The number of anilines is 1. The van der Waals surface area contributed by atoms with Crippen molar-refractivity contribution >= 4 is 40.4 Å². The number of carbonyl (C=O) groups excluding carboxylic acids is 2. The molecular formula is C24H27ClN2O2S. The molecule has 1 aromatic heterocycles. The van der Waals surface area contributed by atoms with Crippen molar-refractivity contribution in [2.75, 3.05) is 5.32 Å². The van der Waals surface area contributed by atoms with Crippen LogP contribution in [0.1, 0.15) is 65.5 Å². The van der Waals surface area contributed by atoms with Crippen LogP contribution in [0.15, 0.2) is 35.7 Å². The van der Waals surface area contributed by atoms with E-state index in [4.69, 9.17) is 11.6 Å². The Morgan fingerprint density at radius 1 is 1.07 bits per heavy atom. The molecule has 4 bridgehead atoms. The minimum Gasteiger partial charge on any atom is -0.349 e. The van der Waals surface area contributed by atoms with E-state index in [1.807, 2.05) is 11.4 Å². The first-order chi connectivity index (χ1) is 14.4. The molecule has 1 unspecified atom stereocenters. The Balaban J connectivity index is 1.30. The van der Waals surface area contributed by atoms with Gasteiger partial charge in [0.25, 0.3) is 11.8 Å². The predicted molar refractivity (Wildman–Crippen MR) is 121 cm³/mol. The minimum absolute atomic E-state index is 0.0958. The van der Waals surface area contributed by atoms with Crippen LogP contribution in [0.5, 0.6) is 0 Å². The van der Waals surface area contributed by atoms with Gasteiger partial charge in [0.05, 0.1) is 15.6 Å². The molecule has 4 aliphatic rings. The van der Waals surface area contributed by atoms with Gasteiger partial charge in [0, 0.05) is 11.6 Å². The molecule has 4 aliphatic carbocycles. The fraction of sp³-hybridized carbons (Fsp3) is 0.500. The van der Waals surface area contributed by atoms with Crippen LogP contribution in [-0.2, 0) is 0 Å². The van der Waals surface area contributed by atoms with Gasteiger partial charge in [0.2, 0.25) is 0 Å². The third-order valence-electron chi connectivity index (χ3n) is 7.57. The van der Waals surface area contributed by atoms with Crippen molar-refractivity contribution in [1.82, 2.24) is 5.32 Å². The van der Waals surface area contributed by atoms with E-state index in [0.717, 1.165) is 17.8 Å². The van der Waals surface area contributed by atoms with Crippen LogP contribution in [-0.4, -0.2) is 17.9 Å². The second-order valence-corrected chi connectivity index (χ2v) is 11.0. The van der Waals surface area contributed by atoms with Crippen LogP contribution in [0.25, 0.3) is 0 Å². The van der Waals surface area contributed by atoms with Crippen LogP contribution in [0.2, 0.25) is 5.02 Å². The molecule has 1 atom stereocenters. The molecule has 0 spiro atoms. The van der Waals surface area contributed by atoms with Crippen LogP contribution in [0, 0.1) is 23.2 Å². The molecule has 4 saturated carbocycles. The number of amides is 2.